The molecule has 2 fully saturated rings. The van der Waals surface area contributed by atoms with Crippen LogP contribution in [0.4, 0.5) is 0 Å². The summed E-state index contributed by atoms with van der Waals surface area (Å²) in [5, 5.41) is 0. The lowest BCUT2D eigenvalue weighted by atomic mass is 9.86. The second-order valence-corrected chi connectivity index (χ2v) is 6.23. The highest BCUT2D eigenvalue weighted by Gasteiger charge is 2.40. The lowest BCUT2D eigenvalue weighted by Gasteiger charge is -2.22. The summed E-state index contributed by atoms with van der Waals surface area (Å²) < 4.78 is 0. The molecule has 2 bridgehead atoms. The van der Waals surface area contributed by atoms with Crippen molar-refractivity contribution in [2.24, 2.45) is 11.8 Å². The van der Waals surface area contributed by atoms with Gasteiger partial charge in [-0.15, -0.1) is 0 Å². The molecule has 1 aromatic heterocycles. The molecule has 1 heterocycles. The van der Waals surface area contributed by atoms with Gasteiger partial charge in [0, 0.05) is 30.9 Å². The van der Waals surface area contributed by atoms with Gasteiger partial charge in [0.1, 0.15) is 0 Å². The van der Waals surface area contributed by atoms with Crippen LogP contribution in [0.2, 0.25) is 0 Å². The van der Waals surface area contributed by atoms with Crippen LogP contribution in [0, 0.1) is 11.8 Å². The summed E-state index contributed by atoms with van der Waals surface area (Å²) in [4.78, 5) is 18.7. The Hall–Kier alpha value is -1.38. The number of pyridine rings is 1. The first-order valence-electron chi connectivity index (χ1n) is 7.98. The van der Waals surface area contributed by atoms with Gasteiger partial charge < -0.3 is 4.90 Å². The van der Waals surface area contributed by atoms with Crippen molar-refractivity contribution in [2.75, 3.05) is 13.1 Å². The van der Waals surface area contributed by atoms with Crippen molar-refractivity contribution in [3.8, 4) is 0 Å². The molecule has 0 aromatic carbocycles. The summed E-state index contributed by atoms with van der Waals surface area (Å²) >= 11 is 0. The first-order chi connectivity index (χ1) is 9.72. The number of hydrogen-bond acceptors (Lipinski definition) is 2. The van der Waals surface area contributed by atoms with Gasteiger partial charge in [-0.05, 0) is 57.1 Å². The fraction of sp³-hybridized carbons (Fsp3) is 0.647. The number of carbonyl (C=O) groups excluding carboxylic acids is 1. The van der Waals surface area contributed by atoms with Gasteiger partial charge in [-0.1, -0.05) is 6.42 Å². The first-order valence-corrected chi connectivity index (χ1v) is 7.98. The minimum Gasteiger partial charge on any atom is -0.339 e. The molecule has 2 aliphatic rings. The quantitative estimate of drug-likeness (QED) is 0.841. The van der Waals surface area contributed by atoms with Gasteiger partial charge >= 0.3 is 0 Å². The Kier molecular flexibility index (Phi) is 3.77. The van der Waals surface area contributed by atoms with Crippen molar-refractivity contribution in [1.82, 2.24) is 9.88 Å². The summed E-state index contributed by atoms with van der Waals surface area (Å²) in [6.45, 7) is 5.53. The van der Waals surface area contributed by atoms with Gasteiger partial charge in [-0.2, -0.15) is 0 Å². The molecule has 2 saturated carbocycles. The number of amides is 1. The van der Waals surface area contributed by atoms with Crippen molar-refractivity contribution in [3.05, 3.63) is 29.6 Å². The average Bonchev–Trinajstić information content (AvgIpc) is 3.11. The van der Waals surface area contributed by atoms with E-state index in [0.29, 0.717) is 5.92 Å². The molecule has 108 valence electrons. The van der Waals surface area contributed by atoms with Crippen molar-refractivity contribution in [3.63, 3.8) is 0 Å². The second kappa shape index (κ2) is 5.55. The maximum Gasteiger partial charge on any atom is 0.255 e. The fourth-order valence-corrected chi connectivity index (χ4v) is 4.05. The van der Waals surface area contributed by atoms with Crippen LogP contribution in [0.25, 0.3) is 0 Å². The predicted octanol–water partition coefficient (Wildman–Crippen LogP) is 3.47. The lowest BCUT2D eigenvalue weighted by Crippen LogP contribution is -2.30. The Balaban J connectivity index is 1.73. The molecule has 0 N–H and O–H groups in total. The molecule has 0 saturated heterocycles. The van der Waals surface area contributed by atoms with Crippen LogP contribution in [0.15, 0.2) is 18.3 Å². The third-order valence-corrected chi connectivity index (χ3v) is 5.20. The molecule has 0 spiro atoms. The van der Waals surface area contributed by atoms with Gasteiger partial charge in [0.05, 0.1) is 5.56 Å². The molecule has 1 aromatic rings. The topological polar surface area (TPSA) is 33.2 Å². The van der Waals surface area contributed by atoms with Crippen molar-refractivity contribution in [2.45, 2.75) is 45.4 Å². The molecule has 3 atom stereocenters. The van der Waals surface area contributed by atoms with Crippen LogP contribution in [0.3, 0.4) is 0 Å². The number of rotatable bonds is 4. The van der Waals surface area contributed by atoms with Gasteiger partial charge in [-0.25, -0.2) is 0 Å². The predicted molar refractivity (Wildman–Crippen MR) is 79.7 cm³/mol. The highest BCUT2D eigenvalue weighted by Crippen LogP contribution is 2.52. The second-order valence-electron chi connectivity index (χ2n) is 6.23. The van der Waals surface area contributed by atoms with Crippen molar-refractivity contribution in [1.29, 1.82) is 0 Å². The summed E-state index contributed by atoms with van der Waals surface area (Å²) in [5.74, 6) is 2.52. The monoisotopic (exact) mass is 272 g/mol. The SMILES string of the molecule is CCN(CC)C(=O)c1ccc(C2CC3CCC2C3)nc1. The number of fused-ring (bicyclic) bond motifs is 2. The van der Waals surface area contributed by atoms with E-state index in [-0.39, 0.29) is 5.91 Å². The number of hydrogen-bond donors (Lipinski definition) is 0. The van der Waals surface area contributed by atoms with Crippen LogP contribution in [0.1, 0.15) is 61.5 Å². The summed E-state index contributed by atoms with van der Waals surface area (Å²) in [5.41, 5.74) is 1.92. The highest BCUT2D eigenvalue weighted by molar-refractivity contribution is 5.93. The van der Waals surface area contributed by atoms with E-state index in [9.17, 15) is 4.79 Å². The van der Waals surface area contributed by atoms with Crippen LogP contribution in [-0.2, 0) is 0 Å². The molecule has 3 unspecified atom stereocenters. The Bertz CT molecular complexity index is 478. The van der Waals surface area contributed by atoms with Gasteiger partial charge in [0.15, 0.2) is 0 Å². The van der Waals surface area contributed by atoms with E-state index in [2.05, 4.69) is 11.1 Å². The molecule has 20 heavy (non-hydrogen) atoms. The Morgan fingerprint density at radius 1 is 1.25 bits per heavy atom. The standard InChI is InChI=1S/C17H24N2O/c1-3-19(4-2)17(20)14-7-8-16(18-11-14)15-10-12-5-6-13(15)9-12/h7-8,11-13,15H,3-6,9-10H2,1-2H3. The number of carbonyl (C=O) groups is 1. The Labute approximate surface area is 121 Å². The van der Waals surface area contributed by atoms with Crippen molar-refractivity contribution >= 4 is 5.91 Å². The third-order valence-electron chi connectivity index (χ3n) is 5.20. The van der Waals surface area contributed by atoms with Crippen LogP contribution >= 0.6 is 0 Å². The summed E-state index contributed by atoms with van der Waals surface area (Å²) in [6, 6.07) is 4.05. The zero-order chi connectivity index (χ0) is 14.1. The molecule has 3 heteroatoms. The lowest BCUT2D eigenvalue weighted by molar-refractivity contribution is 0.0772. The normalized spacial score (nSPS) is 27.8. The van der Waals surface area contributed by atoms with Crippen LogP contribution in [0.5, 0.6) is 0 Å². The molecule has 3 nitrogen and oxygen atoms in total. The van der Waals surface area contributed by atoms with Crippen LogP contribution < -0.4 is 0 Å². The largest absolute Gasteiger partial charge is 0.339 e. The smallest absolute Gasteiger partial charge is 0.255 e. The third kappa shape index (κ3) is 2.34. The van der Waals surface area contributed by atoms with E-state index in [1.165, 1.54) is 31.4 Å². The van der Waals surface area contributed by atoms with Gasteiger partial charge in [-0.3, -0.25) is 9.78 Å². The molecule has 2 aliphatic carbocycles. The van der Waals surface area contributed by atoms with Crippen LogP contribution in [-0.4, -0.2) is 28.9 Å². The summed E-state index contributed by atoms with van der Waals surface area (Å²) in [6.07, 6.45) is 7.27. The Morgan fingerprint density at radius 2 is 2.05 bits per heavy atom. The Morgan fingerprint density at radius 3 is 2.55 bits per heavy atom. The molecular formula is C17H24N2O. The zero-order valence-corrected chi connectivity index (χ0v) is 12.5. The minimum atomic E-state index is 0.0991. The first kappa shape index (κ1) is 13.6. The zero-order valence-electron chi connectivity index (χ0n) is 12.5. The maximum absolute atomic E-state index is 12.3. The van der Waals surface area contributed by atoms with Gasteiger partial charge in [0.2, 0.25) is 0 Å². The van der Waals surface area contributed by atoms with E-state index in [0.717, 1.165) is 30.5 Å². The van der Waals surface area contributed by atoms with E-state index in [1.807, 2.05) is 24.8 Å². The molecule has 0 radical (unpaired) electrons. The van der Waals surface area contributed by atoms with Crippen molar-refractivity contribution < 1.29 is 4.79 Å². The number of nitrogens with zero attached hydrogens (tertiary/aromatic N) is 2. The average molecular weight is 272 g/mol. The molecule has 3 rings (SSSR count). The van der Waals surface area contributed by atoms with Gasteiger partial charge in [0.25, 0.3) is 5.91 Å². The number of aromatic nitrogens is 1. The van der Waals surface area contributed by atoms with E-state index < -0.39 is 0 Å². The molecular weight excluding hydrogens is 248 g/mol. The van der Waals surface area contributed by atoms with E-state index in [1.54, 1.807) is 6.20 Å². The summed E-state index contributed by atoms with van der Waals surface area (Å²) in [7, 11) is 0. The minimum absolute atomic E-state index is 0.0991. The van der Waals surface area contributed by atoms with E-state index in [4.69, 9.17) is 0 Å². The molecule has 0 aliphatic heterocycles. The van der Waals surface area contributed by atoms with E-state index >= 15 is 0 Å². The molecule has 1 amide bonds. The highest BCUT2D eigenvalue weighted by atomic mass is 16.2. The maximum atomic E-state index is 12.3. The fourth-order valence-electron chi connectivity index (χ4n) is 4.05.